The predicted molar refractivity (Wildman–Crippen MR) is 74.8 cm³/mol. The lowest BCUT2D eigenvalue weighted by molar-refractivity contribution is -0.671. The van der Waals surface area contributed by atoms with Gasteiger partial charge in [-0.2, -0.15) is 0 Å². The molecule has 0 fully saturated rings. The molecule has 1 aromatic carbocycles. The van der Waals surface area contributed by atoms with Gasteiger partial charge in [-0.25, -0.2) is 13.9 Å². The zero-order valence-electron chi connectivity index (χ0n) is 11.6. The first kappa shape index (κ1) is 14.6. The number of imidazole rings is 1. The molecule has 0 bridgehead atoms. The van der Waals surface area contributed by atoms with Gasteiger partial charge in [-0.1, -0.05) is 17.3 Å². The van der Waals surface area contributed by atoms with E-state index in [0.29, 0.717) is 17.7 Å². The van der Waals surface area contributed by atoms with Crippen molar-refractivity contribution in [1.29, 1.82) is 0 Å². The van der Waals surface area contributed by atoms with E-state index in [4.69, 9.17) is 15.7 Å². The van der Waals surface area contributed by atoms with Gasteiger partial charge in [0, 0.05) is 5.56 Å². The minimum Gasteiger partial charge on any atom is -0.458 e. The van der Waals surface area contributed by atoms with Gasteiger partial charge < -0.3 is 15.7 Å². The first-order valence-electron chi connectivity index (χ1n) is 6.36. The van der Waals surface area contributed by atoms with Crippen LogP contribution in [-0.4, -0.2) is 28.2 Å². The van der Waals surface area contributed by atoms with Crippen molar-refractivity contribution in [2.45, 2.75) is 6.54 Å². The number of carbonyl (C=O) groups excluding carboxylic acids is 1. The number of nitrogens with zero attached hydrogens (tertiary/aromatic N) is 3. The molecule has 2 aromatic rings. The van der Waals surface area contributed by atoms with Crippen LogP contribution in [0.25, 0.3) is 0 Å². The summed E-state index contributed by atoms with van der Waals surface area (Å²) in [6.07, 6.45) is 5.72. The van der Waals surface area contributed by atoms with Crippen LogP contribution in [0.4, 0.5) is 0 Å². The fraction of sp³-hybridized carbons (Fsp3) is 0.214. The van der Waals surface area contributed by atoms with E-state index in [1.807, 2.05) is 34.9 Å². The largest absolute Gasteiger partial charge is 0.458 e. The molecule has 0 amide bonds. The van der Waals surface area contributed by atoms with Gasteiger partial charge in [0.1, 0.15) is 25.5 Å². The molecule has 21 heavy (non-hydrogen) atoms. The zero-order chi connectivity index (χ0) is 15.2. The lowest BCUT2D eigenvalue weighted by Crippen LogP contribution is -2.24. The Bertz CT molecular complexity index is 646. The van der Waals surface area contributed by atoms with Crippen molar-refractivity contribution < 1.29 is 19.3 Å². The fourth-order valence-corrected chi connectivity index (χ4v) is 1.80. The number of carbonyl (C=O) groups is 1. The van der Waals surface area contributed by atoms with Gasteiger partial charge in [-0.3, -0.25) is 0 Å². The number of nitrogens with two attached hydrogens (primary N) is 1. The van der Waals surface area contributed by atoms with E-state index in [-0.39, 0.29) is 12.4 Å². The summed E-state index contributed by atoms with van der Waals surface area (Å²) in [7, 11) is 1.92. The second-order valence-corrected chi connectivity index (χ2v) is 4.52. The van der Waals surface area contributed by atoms with Crippen LogP contribution < -0.4 is 10.3 Å². The van der Waals surface area contributed by atoms with Crippen molar-refractivity contribution in [1.82, 2.24) is 4.57 Å². The topological polar surface area (TPSA) is 93.7 Å². The average Bonchev–Trinajstić information content (AvgIpc) is 2.92. The molecule has 7 nitrogen and oxygen atoms in total. The minimum atomic E-state index is -0.405. The summed E-state index contributed by atoms with van der Waals surface area (Å²) >= 11 is 0. The zero-order valence-corrected chi connectivity index (χ0v) is 11.6. The van der Waals surface area contributed by atoms with Crippen LogP contribution in [0.3, 0.4) is 0 Å². The molecular formula is C14H17N4O3+. The highest BCUT2D eigenvalue weighted by Gasteiger charge is 2.09. The number of rotatable bonds is 5. The van der Waals surface area contributed by atoms with E-state index in [0.717, 1.165) is 0 Å². The van der Waals surface area contributed by atoms with Gasteiger partial charge in [-0.05, 0) is 12.1 Å². The highest BCUT2D eigenvalue weighted by atomic mass is 16.5. The van der Waals surface area contributed by atoms with Crippen molar-refractivity contribution in [3.63, 3.8) is 0 Å². The summed E-state index contributed by atoms with van der Waals surface area (Å²) in [4.78, 5) is 11.8. The normalized spacial score (nSPS) is 11.4. The summed E-state index contributed by atoms with van der Waals surface area (Å²) in [5.74, 6) is -0.409. The molecule has 0 unspecified atom stereocenters. The van der Waals surface area contributed by atoms with Gasteiger partial charge in [0.15, 0.2) is 5.84 Å². The van der Waals surface area contributed by atoms with E-state index in [2.05, 4.69) is 5.16 Å². The number of hydrogen-bond donors (Lipinski definition) is 2. The van der Waals surface area contributed by atoms with Crippen molar-refractivity contribution in [2.75, 3.05) is 6.61 Å². The number of hydrogen-bond acceptors (Lipinski definition) is 4. The Labute approximate surface area is 121 Å². The first-order chi connectivity index (χ1) is 10.1. The molecule has 0 saturated heterocycles. The number of esters is 1. The fourth-order valence-electron chi connectivity index (χ4n) is 1.80. The number of amidine groups is 1. The number of ether oxygens (including phenoxy) is 1. The molecule has 0 aliphatic heterocycles. The summed E-state index contributed by atoms with van der Waals surface area (Å²) in [6.45, 7) is 0.879. The smallest absolute Gasteiger partial charge is 0.338 e. The summed E-state index contributed by atoms with van der Waals surface area (Å²) in [6, 6.07) is 6.34. The number of aryl methyl sites for hydroxylation is 1. The third kappa shape index (κ3) is 3.82. The quantitative estimate of drug-likeness (QED) is 0.206. The average molecular weight is 289 g/mol. The SMILES string of the molecule is C[n+]1ccn(CCOC(=O)c2ccc(C(N)=NO)cc2)c1. The maximum atomic E-state index is 11.8. The standard InChI is InChI=1S/C14H16N4O3/c1-17-6-7-18(10-17)8-9-21-14(19)12-4-2-11(3-5-12)13(15)16-20/h2-7,10H,8-9H2,1H3,(H2-,15,16,19,20)/p+1. The van der Waals surface area contributed by atoms with Gasteiger partial charge in [-0.15, -0.1) is 0 Å². The van der Waals surface area contributed by atoms with E-state index >= 15 is 0 Å². The lowest BCUT2D eigenvalue weighted by atomic mass is 10.1. The Morgan fingerprint density at radius 1 is 1.38 bits per heavy atom. The molecule has 7 heteroatoms. The van der Waals surface area contributed by atoms with Gasteiger partial charge in [0.25, 0.3) is 0 Å². The first-order valence-corrected chi connectivity index (χ1v) is 6.36. The molecule has 3 N–H and O–H groups in total. The van der Waals surface area contributed by atoms with Crippen LogP contribution >= 0.6 is 0 Å². The number of aromatic nitrogens is 2. The van der Waals surface area contributed by atoms with Crippen molar-refractivity contribution in [3.05, 3.63) is 54.1 Å². The van der Waals surface area contributed by atoms with Crippen LogP contribution in [0.2, 0.25) is 0 Å². The summed E-state index contributed by atoms with van der Waals surface area (Å²) in [5.41, 5.74) is 6.40. The summed E-state index contributed by atoms with van der Waals surface area (Å²) in [5, 5.41) is 11.5. The highest BCUT2D eigenvalue weighted by Crippen LogP contribution is 2.06. The summed E-state index contributed by atoms with van der Waals surface area (Å²) < 4.78 is 9.02. The van der Waals surface area contributed by atoms with E-state index in [1.54, 1.807) is 24.3 Å². The van der Waals surface area contributed by atoms with Crippen LogP contribution in [0, 0.1) is 0 Å². The van der Waals surface area contributed by atoms with Crippen LogP contribution in [0.5, 0.6) is 0 Å². The van der Waals surface area contributed by atoms with E-state index in [1.165, 1.54) is 0 Å². The molecule has 1 heterocycles. The van der Waals surface area contributed by atoms with Gasteiger partial charge >= 0.3 is 5.97 Å². The molecule has 2 rings (SSSR count). The monoisotopic (exact) mass is 289 g/mol. The molecule has 0 radical (unpaired) electrons. The number of oxime groups is 1. The molecule has 0 saturated carbocycles. The maximum absolute atomic E-state index is 11.8. The van der Waals surface area contributed by atoms with Gasteiger partial charge in [0.2, 0.25) is 6.33 Å². The molecule has 0 spiro atoms. The molecule has 0 atom stereocenters. The Morgan fingerprint density at radius 3 is 2.62 bits per heavy atom. The Balaban J connectivity index is 1.88. The third-order valence-corrected chi connectivity index (χ3v) is 2.93. The second-order valence-electron chi connectivity index (χ2n) is 4.52. The molecule has 0 aliphatic rings. The highest BCUT2D eigenvalue weighted by molar-refractivity contribution is 5.98. The predicted octanol–water partition coefficient (Wildman–Crippen LogP) is 0.264. The van der Waals surface area contributed by atoms with Crippen molar-refractivity contribution in [2.24, 2.45) is 17.9 Å². The molecule has 0 aliphatic carbocycles. The number of benzene rings is 1. The van der Waals surface area contributed by atoms with Crippen LogP contribution in [-0.2, 0) is 18.3 Å². The Hall–Kier alpha value is -2.83. The second kappa shape index (κ2) is 6.56. The maximum Gasteiger partial charge on any atom is 0.338 e. The van der Waals surface area contributed by atoms with E-state index < -0.39 is 5.97 Å². The van der Waals surface area contributed by atoms with Crippen molar-refractivity contribution in [3.8, 4) is 0 Å². The van der Waals surface area contributed by atoms with Gasteiger partial charge in [0.05, 0.1) is 12.6 Å². The van der Waals surface area contributed by atoms with E-state index in [9.17, 15) is 4.79 Å². The Kier molecular flexibility index (Phi) is 4.55. The minimum absolute atomic E-state index is 0.00426. The Morgan fingerprint density at radius 2 is 2.05 bits per heavy atom. The van der Waals surface area contributed by atoms with Crippen LogP contribution in [0.15, 0.2) is 48.1 Å². The molecule has 110 valence electrons. The third-order valence-electron chi connectivity index (χ3n) is 2.93. The van der Waals surface area contributed by atoms with Crippen LogP contribution in [0.1, 0.15) is 15.9 Å². The molecular weight excluding hydrogens is 272 g/mol. The lowest BCUT2D eigenvalue weighted by Gasteiger charge is -2.04. The van der Waals surface area contributed by atoms with Crippen molar-refractivity contribution >= 4 is 11.8 Å². The molecule has 1 aromatic heterocycles.